The predicted octanol–water partition coefficient (Wildman–Crippen LogP) is 2.94. The van der Waals surface area contributed by atoms with Crippen molar-refractivity contribution in [1.82, 2.24) is 0 Å². The molecule has 2 fully saturated rings. The van der Waals surface area contributed by atoms with Gasteiger partial charge in [0, 0.05) is 6.04 Å². The van der Waals surface area contributed by atoms with Crippen LogP contribution in [-0.4, -0.2) is 6.04 Å². The van der Waals surface area contributed by atoms with Crippen molar-refractivity contribution in [3.8, 4) is 0 Å². The summed E-state index contributed by atoms with van der Waals surface area (Å²) < 4.78 is 0. The fourth-order valence-corrected chi connectivity index (χ4v) is 3.44. The van der Waals surface area contributed by atoms with E-state index in [-0.39, 0.29) is 0 Å². The molecular formula is C12H23N. The van der Waals surface area contributed by atoms with E-state index in [1.807, 2.05) is 0 Å². The molecule has 1 nitrogen and oxygen atoms in total. The lowest BCUT2D eigenvalue weighted by molar-refractivity contribution is 0.267. The molecule has 76 valence electrons. The Morgan fingerprint density at radius 2 is 1.69 bits per heavy atom. The van der Waals surface area contributed by atoms with Crippen molar-refractivity contribution >= 4 is 0 Å². The summed E-state index contributed by atoms with van der Waals surface area (Å²) in [6, 6.07) is 0.528. The Bertz CT molecular complexity index is 161. The number of hydrogen-bond donors (Lipinski definition) is 1. The summed E-state index contributed by atoms with van der Waals surface area (Å²) in [5.41, 5.74) is 6.37. The van der Waals surface area contributed by atoms with Gasteiger partial charge in [0.2, 0.25) is 0 Å². The molecule has 2 N–H and O–H groups in total. The molecule has 2 aliphatic carbocycles. The first-order valence-corrected chi connectivity index (χ1v) is 6.04. The summed E-state index contributed by atoms with van der Waals surface area (Å²) in [6.45, 7) is 2.40. The third-order valence-electron chi connectivity index (χ3n) is 4.37. The number of rotatable bonds is 2. The average Bonchev–Trinajstić information content (AvgIpc) is 2.72. The van der Waals surface area contributed by atoms with Crippen LogP contribution in [0.5, 0.6) is 0 Å². The van der Waals surface area contributed by atoms with Gasteiger partial charge in [0.05, 0.1) is 0 Å². The zero-order chi connectivity index (χ0) is 9.26. The van der Waals surface area contributed by atoms with Crippen LogP contribution in [0.4, 0.5) is 0 Å². The van der Waals surface area contributed by atoms with Crippen LogP contribution in [-0.2, 0) is 0 Å². The van der Waals surface area contributed by atoms with E-state index in [1.54, 1.807) is 0 Å². The molecule has 3 unspecified atom stereocenters. The summed E-state index contributed by atoms with van der Waals surface area (Å²) in [6.07, 6.45) is 9.92. The third-order valence-corrected chi connectivity index (χ3v) is 4.37. The lowest BCUT2D eigenvalue weighted by atomic mass is 9.82. The molecule has 0 amide bonds. The van der Waals surface area contributed by atoms with Gasteiger partial charge in [0.1, 0.15) is 0 Å². The molecule has 0 aromatic heterocycles. The summed E-state index contributed by atoms with van der Waals surface area (Å²) in [7, 11) is 0. The van der Waals surface area contributed by atoms with Crippen molar-refractivity contribution in [3.05, 3.63) is 0 Å². The molecule has 2 rings (SSSR count). The largest absolute Gasteiger partial charge is 0.327 e. The van der Waals surface area contributed by atoms with Gasteiger partial charge in [-0.05, 0) is 37.0 Å². The predicted molar refractivity (Wildman–Crippen MR) is 56.4 cm³/mol. The highest BCUT2D eigenvalue weighted by Gasteiger charge is 2.34. The SMILES string of the molecule is CC1CCCC1C(N)C1CCCC1. The minimum Gasteiger partial charge on any atom is -0.327 e. The fourth-order valence-electron chi connectivity index (χ4n) is 3.44. The van der Waals surface area contributed by atoms with Crippen LogP contribution in [0.25, 0.3) is 0 Å². The smallest absolute Gasteiger partial charge is 0.00981 e. The normalized spacial score (nSPS) is 38.3. The van der Waals surface area contributed by atoms with E-state index in [0.717, 1.165) is 17.8 Å². The molecule has 0 aromatic carbocycles. The van der Waals surface area contributed by atoms with Crippen molar-refractivity contribution < 1.29 is 0 Å². The van der Waals surface area contributed by atoms with E-state index in [0.29, 0.717) is 6.04 Å². The van der Waals surface area contributed by atoms with Crippen LogP contribution in [0.15, 0.2) is 0 Å². The maximum absolute atomic E-state index is 6.37. The lowest BCUT2D eigenvalue weighted by Crippen LogP contribution is -2.37. The standard InChI is InChI=1S/C12H23N/c1-9-5-4-8-11(9)12(13)10-6-2-3-7-10/h9-12H,2-8,13H2,1H3. The highest BCUT2D eigenvalue weighted by atomic mass is 14.7. The van der Waals surface area contributed by atoms with E-state index in [4.69, 9.17) is 5.73 Å². The maximum Gasteiger partial charge on any atom is 0.00981 e. The third kappa shape index (κ3) is 1.90. The van der Waals surface area contributed by atoms with Crippen molar-refractivity contribution in [1.29, 1.82) is 0 Å². The zero-order valence-electron chi connectivity index (χ0n) is 8.84. The molecular weight excluding hydrogens is 158 g/mol. The Morgan fingerprint density at radius 1 is 1.00 bits per heavy atom. The second-order valence-electron chi connectivity index (χ2n) is 5.19. The average molecular weight is 181 g/mol. The highest BCUT2D eigenvalue weighted by Crippen LogP contribution is 2.39. The molecule has 0 spiro atoms. The van der Waals surface area contributed by atoms with Gasteiger partial charge in [-0.1, -0.05) is 32.6 Å². The van der Waals surface area contributed by atoms with Gasteiger partial charge in [-0.3, -0.25) is 0 Å². The second kappa shape index (κ2) is 4.00. The van der Waals surface area contributed by atoms with Crippen LogP contribution in [0.2, 0.25) is 0 Å². The molecule has 2 saturated carbocycles. The van der Waals surface area contributed by atoms with Gasteiger partial charge < -0.3 is 5.73 Å². The molecule has 0 saturated heterocycles. The van der Waals surface area contributed by atoms with Gasteiger partial charge in [-0.25, -0.2) is 0 Å². The molecule has 1 heteroatoms. The number of hydrogen-bond acceptors (Lipinski definition) is 1. The molecule has 3 atom stereocenters. The maximum atomic E-state index is 6.37. The van der Waals surface area contributed by atoms with E-state index in [1.165, 1.54) is 44.9 Å². The second-order valence-corrected chi connectivity index (χ2v) is 5.19. The van der Waals surface area contributed by atoms with Gasteiger partial charge in [-0.2, -0.15) is 0 Å². The summed E-state index contributed by atoms with van der Waals surface area (Å²) in [5.74, 6) is 2.62. The summed E-state index contributed by atoms with van der Waals surface area (Å²) in [4.78, 5) is 0. The van der Waals surface area contributed by atoms with Crippen molar-refractivity contribution in [2.24, 2.45) is 23.5 Å². The van der Waals surface area contributed by atoms with Crippen molar-refractivity contribution in [3.63, 3.8) is 0 Å². The molecule has 0 radical (unpaired) electrons. The molecule has 0 aliphatic heterocycles. The highest BCUT2D eigenvalue weighted by molar-refractivity contribution is 4.88. The Labute approximate surface area is 82.1 Å². The van der Waals surface area contributed by atoms with E-state index >= 15 is 0 Å². The van der Waals surface area contributed by atoms with Crippen LogP contribution >= 0.6 is 0 Å². The molecule has 0 aromatic rings. The van der Waals surface area contributed by atoms with Gasteiger partial charge in [0.15, 0.2) is 0 Å². The quantitative estimate of drug-likeness (QED) is 0.696. The Balaban J connectivity index is 1.91. The van der Waals surface area contributed by atoms with E-state index < -0.39 is 0 Å². The zero-order valence-corrected chi connectivity index (χ0v) is 8.84. The van der Waals surface area contributed by atoms with Crippen LogP contribution in [0.1, 0.15) is 51.9 Å². The van der Waals surface area contributed by atoms with E-state index in [9.17, 15) is 0 Å². The topological polar surface area (TPSA) is 26.0 Å². The summed E-state index contributed by atoms with van der Waals surface area (Å²) >= 11 is 0. The Hall–Kier alpha value is -0.0400. The first-order chi connectivity index (χ1) is 6.29. The lowest BCUT2D eigenvalue weighted by Gasteiger charge is -2.28. The van der Waals surface area contributed by atoms with Gasteiger partial charge in [0.25, 0.3) is 0 Å². The minimum atomic E-state index is 0.528. The fraction of sp³-hybridized carbons (Fsp3) is 1.00. The molecule has 0 bridgehead atoms. The Kier molecular flexibility index (Phi) is 2.92. The minimum absolute atomic E-state index is 0.528. The van der Waals surface area contributed by atoms with Gasteiger partial charge in [-0.15, -0.1) is 0 Å². The first-order valence-electron chi connectivity index (χ1n) is 6.04. The van der Waals surface area contributed by atoms with Crippen LogP contribution in [0.3, 0.4) is 0 Å². The monoisotopic (exact) mass is 181 g/mol. The molecule has 2 aliphatic rings. The first kappa shape index (κ1) is 9.51. The van der Waals surface area contributed by atoms with E-state index in [2.05, 4.69) is 6.92 Å². The van der Waals surface area contributed by atoms with Crippen LogP contribution in [0, 0.1) is 17.8 Å². The summed E-state index contributed by atoms with van der Waals surface area (Å²) in [5, 5.41) is 0. The van der Waals surface area contributed by atoms with Crippen LogP contribution < -0.4 is 5.73 Å². The molecule has 0 heterocycles. The van der Waals surface area contributed by atoms with Crippen molar-refractivity contribution in [2.45, 2.75) is 57.9 Å². The Morgan fingerprint density at radius 3 is 2.23 bits per heavy atom. The number of nitrogens with two attached hydrogens (primary N) is 1. The molecule has 13 heavy (non-hydrogen) atoms. The van der Waals surface area contributed by atoms with Crippen molar-refractivity contribution in [2.75, 3.05) is 0 Å². The van der Waals surface area contributed by atoms with Gasteiger partial charge >= 0.3 is 0 Å².